The maximum Gasteiger partial charge on any atom is 0.338 e. The van der Waals surface area contributed by atoms with Gasteiger partial charge in [-0.1, -0.05) is 32.0 Å². The Morgan fingerprint density at radius 1 is 1.24 bits per heavy atom. The number of carbonyl (C=O) groups excluding carboxylic acids is 1. The van der Waals surface area contributed by atoms with Crippen molar-refractivity contribution in [2.75, 3.05) is 13.7 Å². The third-order valence-corrected chi connectivity index (χ3v) is 4.11. The van der Waals surface area contributed by atoms with E-state index in [1.165, 1.54) is 0 Å². The second-order valence-corrected chi connectivity index (χ2v) is 5.45. The zero-order valence-corrected chi connectivity index (χ0v) is 12.6. The number of hydrogen-bond donors (Lipinski definition) is 1. The molecule has 1 aromatic carbocycles. The van der Waals surface area contributed by atoms with Crippen LogP contribution in [-0.4, -0.2) is 43.3 Å². The standard InChI is InChI=1S/C16H22O5/c1-10-11(2)16(19-3)21-13(14(10)17)9-20-15(18)12-7-5-4-6-8-12/h4-8,10-11,13-14,16-17H,9H2,1-3H3/t10-,11?,13?,14-,16+/m1/s1. The first kappa shape index (κ1) is 15.9. The molecule has 21 heavy (non-hydrogen) atoms. The highest BCUT2D eigenvalue weighted by molar-refractivity contribution is 5.89. The van der Waals surface area contributed by atoms with Crippen LogP contribution in [0.2, 0.25) is 0 Å². The highest BCUT2D eigenvalue weighted by Crippen LogP contribution is 2.31. The Morgan fingerprint density at radius 2 is 1.90 bits per heavy atom. The lowest BCUT2D eigenvalue weighted by Crippen LogP contribution is -2.51. The fourth-order valence-corrected chi connectivity index (χ4v) is 2.50. The molecular weight excluding hydrogens is 272 g/mol. The zero-order chi connectivity index (χ0) is 15.4. The average Bonchev–Trinajstić information content (AvgIpc) is 2.52. The van der Waals surface area contributed by atoms with Crippen molar-refractivity contribution in [3.8, 4) is 0 Å². The van der Waals surface area contributed by atoms with E-state index in [-0.39, 0.29) is 18.4 Å². The summed E-state index contributed by atoms with van der Waals surface area (Å²) in [5.41, 5.74) is 0.479. The predicted octanol–water partition coefficient (Wildman–Crippen LogP) is 1.85. The molecule has 5 heteroatoms. The van der Waals surface area contributed by atoms with Crippen LogP contribution in [0.3, 0.4) is 0 Å². The summed E-state index contributed by atoms with van der Waals surface area (Å²) in [6, 6.07) is 8.74. The van der Waals surface area contributed by atoms with Gasteiger partial charge in [0.15, 0.2) is 6.29 Å². The molecule has 1 aliphatic heterocycles. The molecular formula is C16H22O5. The summed E-state index contributed by atoms with van der Waals surface area (Å²) in [5.74, 6) is -0.346. The van der Waals surface area contributed by atoms with Crippen molar-refractivity contribution >= 4 is 5.97 Å². The molecule has 0 bridgehead atoms. The number of hydrogen-bond acceptors (Lipinski definition) is 5. The molecule has 5 atom stereocenters. The third-order valence-electron chi connectivity index (χ3n) is 4.11. The Labute approximate surface area is 124 Å². The maximum absolute atomic E-state index is 11.9. The van der Waals surface area contributed by atoms with Crippen LogP contribution in [0.15, 0.2) is 30.3 Å². The Hall–Kier alpha value is -1.43. The molecule has 0 saturated carbocycles. The molecule has 1 N–H and O–H groups in total. The van der Waals surface area contributed by atoms with Gasteiger partial charge in [0.05, 0.1) is 11.7 Å². The van der Waals surface area contributed by atoms with Crippen molar-refractivity contribution in [1.29, 1.82) is 0 Å². The Balaban J connectivity index is 1.94. The Bertz CT molecular complexity index is 459. The molecule has 0 spiro atoms. The highest BCUT2D eigenvalue weighted by Gasteiger charge is 2.41. The fourth-order valence-electron chi connectivity index (χ4n) is 2.50. The molecule has 2 rings (SSSR count). The van der Waals surface area contributed by atoms with E-state index in [9.17, 15) is 9.90 Å². The molecule has 1 fully saturated rings. The number of esters is 1. The van der Waals surface area contributed by atoms with E-state index < -0.39 is 24.5 Å². The molecule has 1 saturated heterocycles. The van der Waals surface area contributed by atoms with Crippen molar-refractivity contribution in [3.63, 3.8) is 0 Å². The molecule has 0 aliphatic carbocycles. The van der Waals surface area contributed by atoms with E-state index in [1.807, 2.05) is 19.9 Å². The molecule has 0 aromatic heterocycles. The van der Waals surface area contributed by atoms with Gasteiger partial charge in [0.1, 0.15) is 12.7 Å². The molecule has 2 unspecified atom stereocenters. The van der Waals surface area contributed by atoms with E-state index in [2.05, 4.69) is 0 Å². The van der Waals surface area contributed by atoms with Crippen LogP contribution in [0.4, 0.5) is 0 Å². The number of rotatable bonds is 4. The number of methoxy groups -OCH3 is 1. The largest absolute Gasteiger partial charge is 0.459 e. The molecule has 116 valence electrons. The normalized spacial score (nSPS) is 32.7. The van der Waals surface area contributed by atoms with Gasteiger partial charge in [0.2, 0.25) is 0 Å². The number of carbonyl (C=O) groups is 1. The second-order valence-electron chi connectivity index (χ2n) is 5.45. The molecule has 0 radical (unpaired) electrons. The lowest BCUT2D eigenvalue weighted by molar-refractivity contribution is -0.259. The van der Waals surface area contributed by atoms with E-state index in [0.29, 0.717) is 5.56 Å². The van der Waals surface area contributed by atoms with Crippen LogP contribution in [0.25, 0.3) is 0 Å². The summed E-state index contributed by atoms with van der Waals surface area (Å²) >= 11 is 0. The van der Waals surface area contributed by atoms with Crippen LogP contribution >= 0.6 is 0 Å². The molecule has 1 aliphatic rings. The average molecular weight is 294 g/mol. The quantitative estimate of drug-likeness (QED) is 0.859. The first-order chi connectivity index (χ1) is 10.0. The number of aliphatic hydroxyl groups excluding tert-OH is 1. The summed E-state index contributed by atoms with van der Waals surface area (Å²) in [4.78, 5) is 11.9. The van der Waals surface area contributed by atoms with Gasteiger partial charge in [-0.15, -0.1) is 0 Å². The minimum absolute atomic E-state index is 0.00382. The van der Waals surface area contributed by atoms with Crippen molar-refractivity contribution in [1.82, 2.24) is 0 Å². The minimum Gasteiger partial charge on any atom is -0.459 e. The highest BCUT2D eigenvalue weighted by atomic mass is 16.7. The smallest absolute Gasteiger partial charge is 0.338 e. The van der Waals surface area contributed by atoms with Gasteiger partial charge in [-0.05, 0) is 18.1 Å². The maximum atomic E-state index is 11.9. The minimum atomic E-state index is -0.685. The molecule has 5 nitrogen and oxygen atoms in total. The topological polar surface area (TPSA) is 65.0 Å². The lowest BCUT2D eigenvalue weighted by Gasteiger charge is -2.41. The summed E-state index contributed by atoms with van der Waals surface area (Å²) in [5, 5.41) is 10.2. The van der Waals surface area contributed by atoms with Gasteiger partial charge >= 0.3 is 5.97 Å². The van der Waals surface area contributed by atoms with Crippen LogP contribution in [0, 0.1) is 11.8 Å². The fraction of sp³-hybridized carbons (Fsp3) is 0.562. The first-order valence-electron chi connectivity index (χ1n) is 7.13. The number of ether oxygens (including phenoxy) is 3. The lowest BCUT2D eigenvalue weighted by atomic mass is 9.85. The Kier molecular flexibility index (Phi) is 5.33. The van der Waals surface area contributed by atoms with Crippen LogP contribution < -0.4 is 0 Å². The van der Waals surface area contributed by atoms with Crippen LogP contribution in [0.5, 0.6) is 0 Å². The van der Waals surface area contributed by atoms with Crippen molar-refractivity contribution in [2.24, 2.45) is 11.8 Å². The van der Waals surface area contributed by atoms with Gasteiger partial charge in [-0.3, -0.25) is 0 Å². The Morgan fingerprint density at radius 3 is 2.52 bits per heavy atom. The van der Waals surface area contributed by atoms with Gasteiger partial charge in [-0.2, -0.15) is 0 Å². The van der Waals surface area contributed by atoms with Gasteiger partial charge in [0, 0.05) is 13.0 Å². The summed E-state index contributed by atoms with van der Waals surface area (Å²) in [6.07, 6.45) is -1.66. The van der Waals surface area contributed by atoms with Gasteiger partial charge in [0.25, 0.3) is 0 Å². The van der Waals surface area contributed by atoms with Crippen LogP contribution in [-0.2, 0) is 14.2 Å². The van der Waals surface area contributed by atoms with Crippen molar-refractivity contribution < 1.29 is 24.1 Å². The van der Waals surface area contributed by atoms with Gasteiger partial charge < -0.3 is 19.3 Å². The molecule has 1 aromatic rings. The summed E-state index contributed by atoms with van der Waals surface area (Å²) < 4.78 is 16.2. The third kappa shape index (κ3) is 3.61. The van der Waals surface area contributed by atoms with Crippen molar-refractivity contribution in [2.45, 2.75) is 32.3 Å². The number of benzene rings is 1. The van der Waals surface area contributed by atoms with E-state index >= 15 is 0 Å². The number of aliphatic hydroxyl groups is 1. The van der Waals surface area contributed by atoms with E-state index in [0.717, 1.165) is 0 Å². The first-order valence-corrected chi connectivity index (χ1v) is 7.13. The van der Waals surface area contributed by atoms with Crippen molar-refractivity contribution in [3.05, 3.63) is 35.9 Å². The summed E-state index contributed by atoms with van der Waals surface area (Å²) in [6.45, 7) is 3.91. The second kappa shape index (κ2) is 7.02. The monoisotopic (exact) mass is 294 g/mol. The zero-order valence-electron chi connectivity index (χ0n) is 12.6. The summed E-state index contributed by atoms with van der Waals surface area (Å²) in [7, 11) is 1.57. The molecule has 1 heterocycles. The van der Waals surface area contributed by atoms with E-state index in [1.54, 1.807) is 31.4 Å². The predicted molar refractivity (Wildman–Crippen MR) is 76.7 cm³/mol. The van der Waals surface area contributed by atoms with E-state index in [4.69, 9.17) is 14.2 Å². The molecule has 0 amide bonds. The van der Waals surface area contributed by atoms with Crippen LogP contribution in [0.1, 0.15) is 24.2 Å². The SMILES string of the molecule is CO[C@H]1OC(COC(=O)c2ccccc2)[C@H](O)[C@H](C)C1C. The van der Waals surface area contributed by atoms with Gasteiger partial charge in [-0.25, -0.2) is 4.79 Å².